The van der Waals surface area contributed by atoms with E-state index in [-0.39, 0.29) is 18.9 Å². The van der Waals surface area contributed by atoms with E-state index >= 15 is 0 Å². The number of hydrogen-bond acceptors (Lipinski definition) is 4. The van der Waals surface area contributed by atoms with Crippen molar-refractivity contribution in [3.05, 3.63) is 17.8 Å². The average molecular weight is 212 g/mol. The van der Waals surface area contributed by atoms with Crippen molar-refractivity contribution in [2.45, 2.75) is 13.3 Å². The van der Waals surface area contributed by atoms with Gasteiger partial charge in [-0.15, -0.1) is 0 Å². The van der Waals surface area contributed by atoms with Gasteiger partial charge in [0, 0.05) is 13.6 Å². The van der Waals surface area contributed by atoms with Crippen molar-refractivity contribution in [2.24, 2.45) is 0 Å². The Bertz CT molecular complexity index is 372. The first-order valence-corrected chi connectivity index (χ1v) is 4.40. The molecule has 0 unspecified atom stereocenters. The standard InChI is InChI=1S/C9H12N2O4/c1-6-5-15-8(10-6)9(14)11(2)4-3-7(12)13/h5H,3-4H2,1-2H3,(H,12,13). The molecule has 1 aromatic heterocycles. The molecule has 15 heavy (non-hydrogen) atoms. The maximum absolute atomic E-state index is 11.5. The molecule has 6 nitrogen and oxygen atoms in total. The average Bonchev–Trinajstić information content (AvgIpc) is 2.60. The maximum atomic E-state index is 11.5. The van der Waals surface area contributed by atoms with E-state index in [0.29, 0.717) is 5.69 Å². The Labute approximate surface area is 86.5 Å². The number of aliphatic carboxylic acids is 1. The molecule has 1 rings (SSSR count). The number of nitrogens with zero attached hydrogens (tertiary/aromatic N) is 2. The summed E-state index contributed by atoms with van der Waals surface area (Å²) in [4.78, 5) is 27.0. The van der Waals surface area contributed by atoms with E-state index in [1.807, 2.05) is 0 Å². The van der Waals surface area contributed by atoms with Crippen molar-refractivity contribution in [3.8, 4) is 0 Å². The Morgan fingerprint density at radius 3 is 2.73 bits per heavy atom. The number of carboxylic acids is 1. The third-order valence-electron chi connectivity index (χ3n) is 1.81. The largest absolute Gasteiger partial charge is 0.481 e. The van der Waals surface area contributed by atoms with E-state index in [0.717, 1.165) is 0 Å². The van der Waals surface area contributed by atoms with Crippen LogP contribution in [-0.2, 0) is 4.79 Å². The summed E-state index contributed by atoms with van der Waals surface area (Å²) in [7, 11) is 1.50. The monoisotopic (exact) mass is 212 g/mol. The quantitative estimate of drug-likeness (QED) is 0.787. The zero-order chi connectivity index (χ0) is 11.4. The molecule has 0 radical (unpaired) electrons. The zero-order valence-electron chi connectivity index (χ0n) is 8.56. The topological polar surface area (TPSA) is 83.6 Å². The number of rotatable bonds is 4. The maximum Gasteiger partial charge on any atom is 0.309 e. The van der Waals surface area contributed by atoms with E-state index < -0.39 is 11.9 Å². The molecule has 0 atom stereocenters. The van der Waals surface area contributed by atoms with Gasteiger partial charge in [-0.05, 0) is 6.92 Å². The van der Waals surface area contributed by atoms with E-state index in [9.17, 15) is 9.59 Å². The van der Waals surface area contributed by atoms with Crippen molar-refractivity contribution in [3.63, 3.8) is 0 Å². The minimum Gasteiger partial charge on any atom is -0.481 e. The van der Waals surface area contributed by atoms with Crippen molar-refractivity contribution < 1.29 is 19.1 Å². The lowest BCUT2D eigenvalue weighted by Crippen LogP contribution is -2.29. The molecule has 0 aliphatic carbocycles. The van der Waals surface area contributed by atoms with Gasteiger partial charge in [0.05, 0.1) is 12.1 Å². The number of aryl methyl sites for hydroxylation is 1. The predicted molar refractivity (Wildman–Crippen MR) is 50.5 cm³/mol. The van der Waals surface area contributed by atoms with Gasteiger partial charge >= 0.3 is 11.9 Å². The van der Waals surface area contributed by atoms with Gasteiger partial charge in [-0.2, -0.15) is 0 Å². The van der Waals surface area contributed by atoms with Crippen LogP contribution in [0.5, 0.6) is 0 Å². The van der Waals surface area contributed by atoms with Crippen LogP contribution in [0.2, 0.25) is 0 Å². The highest BCUT2D eigenvalue weighted by Gasteiger charge is 2.17. The molecule has 1 heterocycles. The van der Waals surface area contributed by atoms with Crippen LogP contribution >= 0.6 is 0 Å². The lowest BCUT2D eigenvalue weighted by Gasteiger charge is -2.12. The summed E-state index contributed by atoms with van der Waals surface area (Å²) in [5, 5.41) is 8.44. The summed E-state index contributed by atoms with van der Waals surface area (Å²) in [6.07, 6.45) is 1.28. The lowest BCUT2D eigenvalue weighted by molar-refractivity contribution is -0.137. The van der Waals surface area contributed by atoms with Gasteiger partial charge in [-0.25, -0.2) is 4.98 Å². The summed E-state index contributed by atoms with van der Waals surface area (Å²) in [6, 6.07) is 0. The first-order chi connectivity index (χ1) is 7.00. The van der Waals surface area contributed by atoms with Gasteiger partial charge < -0.3 is 14.4 Å². The normalized spacial score (nSPS) is 10.0. The van der Waals surface area contributed by atoms with Crippen molar-refractivity contribution >= 4 is 11.9 Å². The second-order valence-corrected chi connectivity index (χ2v) is 3.16. The molecule has 1 N–H and O–H groups in total. The molecule has 0 fully saturated rings. The summed E-state index contributed by atoms with van der Waals surface area (Å²) < 4.78 is 4.90. The number of carbonyl (C=O) groups is 2. The Balaban J connectivity index is 2.57. The Morgan fingerprint density at radius 1 is 1.60 bits per heavy atom. The molecule has 0 aliphatic rings. The second-order valence-electron chi connectivity index (χ2n) is 3.16. The molecule has 1 amide bonds. The van der Waals surface area contributed by atoms with Crippen LogP contribution in [0.15, 0.2) is 10.7 Å². The smallest absolute Gasteiger partial charge is 0.309 e. The van der Waals surface area contributed by atoms with Crippen LogP contribution in [0.25, 0.3) is 0 Å². The molecular weight excluding hydrogens is 200 g/mol. The minimum atomic E-state index is -0.946. The van der Waals surface area contributed by atoms with E-state index in [4.69, 9.17) is 9.52 Å². The first kappa shape index (κ1) is 11.2. The molecule has 0 saturated carbocycles. The number of carbonyl (C=O) groups excluding carboxylic acids is 1. The second kappa shape index (κ2) is 4.59. The molecule has 0 spiro atoms. The molecule has 0 aromatic carbocycles. The van der Waals surface area contributed by atoms with Crippen LogP contribution < -0.4 is 0 Å². The van der Waals surface area contributed by atoms with Crippen LogP contribution in [0, 0.1) is 6.92 Å². The van der Waals surface area contributed by atoms with Crippen LogP contribution in [0.4, 0.5) is 0 Å². The summed E-state index contributed by atoms with van der Waals surface area (Å²) in [5.74, 6) is -1.37. The van der Waals surface area contributed by atoms with Crippen LogP contribution in [0.1, 0.15) is 22.8 Å². The highest BCUT2D eigenvalue weighted by Crippen LogP contribution is 2.04. The zero-order valence-corrected chi connectivity index (χ0v) is 8.56. The van der Waals surface area contributed by atoms with Gasteiger partial charge in [0.25, 0.3) is 5.89 Å². The molecule has 1 aromatic rings. The number of aromatic nitrogens is 1. The summed E-state index contributed by atoms with van der Waals surface area (Å²) in [6.45, 7) is 1.84. The fourth-order valence-electron chi connectivity index (χ4n) is 0.980. The number of oxazole rings is 1. The molecule has 6 heteroatoms. The highest BCUT2D eigenvalue weighted by molar-refractivity contribution is 5.89. The highest BCUT2D eigenvalue weighted by atomic mass is 16.4. The number of carboxylic acid groups (broad SMARTS) is 1. The number of hydrogen-bond donors (Lipinski definition) is 1. The van der Waals surface area contributed by atoms with Crippen molar-refractivity contribution in [1.29, 1.82) is 0 Å². The Hall–Kier alpha value is -1.85. The van der Waals surface area contributed by atoms with Gasteiger partial charge in [-0.3, -0.25) is 9.59 Å². The van der Waals surface area contributed by atoms with Crippen LogP contribution in [0.3, 0.4) is 0 Å². The summed E-state index contributed by atoms with van der Waals surface area (Å²) >= 11 is 0. The van der Waals surface area contributed by atoms with E-state index in [2.05, 4.69) is 4.98 Å². The van der Waals surface area contributed by atoms with Gasteiger partial charge in [0.1, 0.15) is 6.26 Å². The first-order valence-electron chi connectivity index (χ1n) is 4.40. The molecule has 0 bridgehead atoms. The van der Waals surface area contributed by atoms with Gasteiger partial charge in [0.2, 0.25) is 0 Å². The summed E-state index contributed by atoms with van der Waals surface area (Å²) in [5.41, 5.74) is 0.616. The molecular formula is C9H12N2O4. The minimum absolute atomic E-state index is 0.0135. The predicted octanol–water partition coefficient (Wildman–Crippen LogP) is 0.530. The SMILES string of the molecule is Cc1coc(C(=O)N(C)CCC(=O)O)n1. The fraction of sp³-hybridized carbons (Fsp3) is 0.444. The van der Waals surface area contributed by atoms with E-state index in [1.54, 1.807) is 6.92 Å². The molecule has 0 aliphatic heterocycles. The van der Waals surface area contributed by atoms with Crippen molar-refractivity contribution in [1.82, 2.24) is 9.88 Å². The lowest BCUT2D eigenvalue weighted by atomic mass is 10.4. The molecule has 82 valence electrons. The van der Waals surface area contributed by atoms with E-state index in [1.165, 1.54) is 18.2 Å². The van der Waals surface area contributed by atoms with Crippen molar-refractivity contribution in [2.75, 3.05) is 13.6 Å². The third kappa shape index (κ3) is 3.08. The third-order valence-corrected chi connectivity index (χ3v) is 1.81. The van der Waals surface area contributed by atoms with Gasteiger partial charge in [0.15, 0.2) is 0 Å². The Kier molecular flexibility index (Phi) is 3.43. The fourth-order valence-corrected chi connectivity index (χ4v) is 0.980. The van der Waals surface area contributed by atoms with Gasteiger partial charge in [-0.1, -0.05) is 0 Å². The Morgan fingerprint density at radius 2 is 2.27 bits per heavy atom. The number of amides is 1. The van der Waals surface area contributed by atoms with Crippen LogP contribution in [-0.4, -0.2) is 40.5 Å². The molecule has 0 saturated heterocycles.